The van der Waals surface area contributed by atoms with Gasteiger partial charge in [-0.1, -0.05) is 46.2 Å². The third kappa shape index (κ3) is 15.2. The van der Waals surface area contributed by atoms with Gasteiger partial charge in [0.05, 0.1) is 0 Å². The van der Waals surface area contributed by atoms with Gasteiger partial charge in [0, 0.05) is 9.52 Å². The van der Waals surface area contributed by atoms with Crippen LogP contribution in [0.2, 0.25) is 13.1 Å². The first-order valence-electron chi connectivity index (χ1n) is 8.34. The molecule has 26 heavy (non-hydrogen) atoms. The SMILES string of the molecule is CC1=[C-]C(C)(C)C(C)=C1C.C[SiH]C.[C-]1=CC=CC1.[C-]1=CC=CC1.[Cl-].[Cl-].[Zr+2]. The summed E-state index contributed by atoms with van der Waals surface area (Å²) in [6, 6.07) is 0. The van der Waals surface area contributed by atoms with Crippen molar-refractivity contribution in [1.82, 2.24) is 0 Å². The average molecular weight is 487 g/mol. The molecule has 0 aromatic rings. The van der Waals surface area contributed by atoms with E-state index in [-0.39, 0.29) is 56.4 Å². The third-order valence-corrected chi connectivity index (χ3v) is 3.73. The van der Waals surface area contributed by atoms with Gasteiger partial charge in [-0.2, -0.15) is 23.3 Å². The molecule has 0 N–H and O–H groups in total. The summed E-state index contributed by atoms with van der Waals surface area (Å²) in [5, 5.41) is 0. The molecule has 3 aliphatic carbocycles. The van der Waals surface area contributed by atoms with E-state index >= 15 is 0 Å². The Hall–Kier alpha value is 0.120. The minimum absolute atomic E-state index is 0. The topological polar surface area (TPSA) is 0 Å². The summed E-state index contributed by atoms with van der Waals surface area (Å²) in [5.41, 5.74) is 4.39. The number of hydrogen-bond donors (Lipinski definition) is 0. The van der Waals surface area contributed by atoms with Gasteiger partial charge in [0.1, 0.15) is 0 Å². The average Bonchev–Trinajstić information content (AvgIpc) is 3.24. The van der Waals surface area contributed by atoms with Crippen molar-refractivity contribution in [1.29, 1.82) is 0 Å². The van der Waals surface area contributed by atoms with Crippen LogP contribution in [0, 0.1) is 23.6 Å². The van der Waals surface area contributed by atoms with E-state index in [0.717, 1.165) is 22.4 Å². The molecule has 3 rings (SSSR count). The molecule has 0 heterocycles. The van der Waals surface area contributed by atoms with Crippen molar-refractivity contribution >= 4 is 9.52 Å². The van der Waals surface area contributed by atoms with E-state index in [9.17, 15) is 0 Å². The molecule has 0 spiro atoms. The normalized spacial score (nSPS) is 16.5. The summed E-state index contributed by atoms with van der Waals surface area (Å²) < 4.78 is 0. The van der Waals surface area contributed by atoms with Gasteiger partial charge in [-0.25, -0.2) is 29.9 Å². The summed E-state index contributed by atoms with van der Waals surface area (Å²) in [6.07, 6.45) is 23.4. The molecular formula is C22H32Cl2SiZr-3. The third-order valence-electron chi connectivity index (χ3n) is 3.73. The van der Waals surface area contributed by atoms with Gasteiger partial charge in [0.2, 0.25) is 0 Å². The van der Waals surface area contributed by atoms with Gasteiger partial charge in [-0.3, -0.25) is 18.2 Å². The van der Waals surface area contributed by atoms with Gasteiger partial charge in [-0.15, -0.1) is 19.8 Å². The minimum atomic E-state index is 0. The molecule has 4 heteroatoms. The van der Waals surface area contributed by atoms with Crippen molar-refractivity contribution < 1.29 is 51.0 Å². The van der Waals surface area contributed by atoms with E-state index in [2.05, 4.69) is 78.1 Å². The van der Waals surface area contributed by atoms with Crippen molar-refractivity contribution in [2.24, 2.45) is 5.41 Å². The number of rotatable bonds is 0. The van der Waals surface area contributed by atoms with Crippen molar-refractivity contribution in [3.63, 3.8) is 0 Å². The molecule has 0 amide bonds. The smallest absolute Gasteiger partial charge is 1.00 e. The zero-order valence-electron chi connectivity index (χ0n) is 17.2. The van der Waals surface area contributed by atoms with E-state index in [1.165, 1.54) is 16.7 Å². The predicted octanol–water partition coefficient (Wildman–Crippen LogP) is 0.248. The first-order chi connectivity index (χ1) is 10.9. The molecule has 0 fully saturated rings. The molecule has 0 aliphatic heterocycles. The Kier molecular flexibility index (Phi) is 25.7. The number of allylic oxidation sites excluding steroid dienone is 12. The van der Waals surface area contributed by atoms with E-state index in [1.807, 2.05) is 24.3 Å². The maximum Gasteiger partial charge on any atom is 2.00 e. The molecule has 0 bridgehead atoms. The van der Waals surface area contributed by atoms with Crippen LogP contribution < -0.4 is 24.8 Å². The Morgan fingerprint density at radius 3 is 1.35 bits per heavy atom. The Balaban J connectivity index is -0.000000131. The van der Waals surface area contributed by atoms with Crippen molar-refractivity contribution in [3.8, 4) is 0 Å². The van der Waals surface area contributed by atoms with E-state index in [0.29, 0.717) is 0 Å². The van der Waals surface area contributed by atoms with Crippen LogP contribution in [0.1, 0.15) is 47.5 Å². The van der Waals surface area contributed by atoms with Crippen molar-refractivity contribution in [3.05, 3.63) is 71.4 Å². The summed E-state index contributed by atoms with van der Waals surface area (Å²) in [7, 11) is 0.750. The van der Waals surface area contributed by atoms with Crippen LogP contribution >= 0.6 is 0 Å². The molecule has 145 valence electrons. The van der Waals surface area contributed by atoms with Gasteiger partial charge >= 0.3 is 26.2 Å². The van der Waals surface area contributed by atoms with Crippen LogP contribution in [0.3, 0.4) is 0 Å². The molecule has 0 nitrogen and oxygen atoms in total. The molecule has 0 saturated heterocycles. The Bertz CT molecular complexity index is 482. The second-order valence-corrected chi connectivity index (χ2v) is 7.36. The summed E-state index contributed by atoms with van der Waals surface area (Å²) in [6.45, 7) is 15.3. The fraction of sp³-hybridized carbons (Fsp3) is 0.455. The van der Waals surface area contributed by atoms with Crippen molar-refractivity contribution in [2.45, 2.75) is 60.6 Å². The Labute approximate surface area is 196 Å². The second-order valence-electron chi connectivity index (χ2n) is 6.21. The van der Waals surface area contributed by atoms with Crippen LogP contribution in [0.15, 0.2) is 53.2 Å². The van der Waals surface area contributed by atoms with Gasteiger partial charge in [0.25, 0.3) is 0 Å². The van der Waals surface area contributed by atoms with E-state index < -0.39 is 0 Å². The Morgan fingerprint density at radius 1 is 0.885 bits per heavy atom. The molecule has 0 atom stereocenters. The molecule has 1 radical (unpaired) electrons. The number of halogens is 2. The van der Waals surface area contributed by atoms with Crippen LogP contribution in [0.25, 0.3) is 0 Å². The Morgan fingerprint density at radius 2 is 1.27 bits per heavy atom. The molecule has 0 aromatic carbocycles. The number of hydrogen-bond acceptors (Lipinski definition) is 0. The first kappa shape index (κ1) is 33.7. The zero-order valence-corrected chi connectivity index (χ0v) is 22.3. The molecule has 3 aliphatic rings. The molecule has 0 unspecified atom stereocenters. The van der Waals surface area contributed by atoms with Crippen molar-refractivity contribution in [2.75, 3.05) is 0 Å². The van der Waals surface area contributed by atoms with Gasteiger partial charge in [0.15, 0.2) is 0 Å². The minimum Gasteiger partial charge on any atom is -1.00 e. The second kappa shape index (κ2) is 19.9. The summed E-state index contributed by atoms with van der Waals surface area (Å²) in [4.78, 5) is 0. The zero-order chi connectivity index (χ0) is 17.7. The molecular weight excluding hydrogens is 454 g/mol. The fourth-order valence-corrected chi connectivity index (χ4v) is 2.09. The molecule has 0 saturated carbocycles. The fourth-order valence-electron chi connectivity index (χ4n) is 2.09. The van der Waals surface area contributed by atoms with Gasteiger partial charge in [-0.05, 0) is 0 Å². The maximum absolute atomic E-state index is 3.44. The van der Waals surface area contributed by atoms with E-state index in [4.69, 9.17) is 0 Å². The predicted molar refractivity (Wildman–Crippen MR) is 107 cm³/mol. The quantitative estimate of drug-likeness (QED) is 0.340. The maximum atomic E-state index is 3.44. The summed E-state index contributed by atoms with van der Waals surface area (Å²) >= 11 is 0. The van der Waals surface area contributed by atoms with Crippen LogP contribution in [-0.2, 0) is 26.2 Å². The van der Waals surface area contributed by atoms with Gasteiger partial charge < -0.3 is 24.8 Å². The molecule has 0 aromatic heterocycles. The van der Waals surface area contributed by atoms with E-state index in [1.54, 1.807) is 0 Å². The van der Waals surface area contributed by atoms with Crippen LogP contribution in [-0.4, -0.2) is 9.52 Å². The summed E-state index contributed by atoms with van der Waals surface area (Å²) in [5.74, 6) is 0. The monoisotopic (exact) mass is 484 g/mol. The first-order valence-corrected chi connectivity index (χ1v) is 10.6. The largest absolute Gasteiger partial charge is 2.00 e. The van der Waals surface area contributed by atoms with Crippen LogP contribution in [0.5, 0.6) is 0 Å². The van der Waals surface area contributed by atoms with Crippen LogP contribution in [0.4, 0.5) is 0 Å². The standard InChI is InChI=1S/C10H15.2C5H5.C2H7Si.2ClH.Zr/c1-7-6-10(4,5)9(3)8(7)2;2*1-2-4-5-3-1;1-3-2;;;/h1-5H3;2*1-3H,4H2;3H,1-2H3;2*1H;/q3*-1;;;;+2/p-2.